The summed E-state index contributed by atoms with van der Waals surface area (Å²) in [4.78, 5) is 14.7. The van der Waals surface area contributed by atoms with Crippen molar-refractivity contribution in [2.45, 2.75) is 6.54 Å². The second kappa shape index (κ2) is 5.27. The number of halogens is 1. The minimum Gasteiger partial charge on any atom is -0.478 e. The van der Waals surface area contributed by atoms with Crippen LogP contribution in [0, 0.1) is 5.82 Å². The van der Waals surface area contributed by atoms with Crippen molar-refractivity contribution in [3.8, 4) is 0 Å². The number of anilines is 1. The van der Waals surface area contributed by atoms with Crippen molar-refractivity contribution in [1.82, 2.24) is 4.98 Å². The number of benzene rings is 1. The number of hydrogen-bond donors (Lipinski definition) is 2. The molecule has 5 heteroatoms. The lowest BCUT2D eigenvalue weighted by Gasteiger charge is -2.09. The molecule has 0 saturated heterocycles. The standard InChI is InChI=1S/C13H11FN2O2/c14-11-4-2-1-3-9(11)7-16-12-5-6-15-8-10(12)13(17)18/h1-6,8H,7H2,(H,15,16)(H,17,18). The van der Waals surface area contributed by atoms with Crippen LogP contribution in [0.5, 0.6) is 0 Å². The van der Waals surface area contributed by atoms with E-state index in [1.165, 1.54) is 18.5 Å². The van der Waals surface area contributed by atoms with Crippen LogP contribution in [0.2, 0.25) is 0 Å². The molecular weight excluding hydrogens is 235 g/mol. The highest BCUT2D eigenvalue weighted by Crippen LogP contribution is 2.15. The molecule has 0 radical (unpaired) electrons. The maximum absolute atomic E-state index is 13.4. The Morgan fingerprint density at radius 2 is 2.11 bits per heavy atom. The summed E-state index contributed by atoms with van der Waals surface area (Å²) < 4.78 is 13.4. The van der Waals surface area contributed by atoms with Crippen molar-refractivity contribution in [1.29, 1.82) is 0 Å². The van der Waals surface area contributed by atoms with Crippen molar-refractivity contribution in [3.63, 3.8) is 0 Å². The molecule has 4 nitrogen and oxygen atoms in total. The summed E-state index contributed by atoms with van der Waals surface area (Å²) in [6.07, 6.45) is 2.74. The molecular formula is C13H11FN2O2. The fourth-order valence-electron chi connectivity index (χ4n) is 1.55. The van der Waals surface area contributed by atoms with E-state index in [1.807, 2.05) is 0 Å². The van der Waals surface area contributed by atoms with E-state index in [9.17, 15) is 9.18 Å². The predicted molar refractivity (Wildman–Crippen MR) is 64.9 cm³/mol. The summed E-state index contributed by atoms with van der Waals surface area (Å²) in [6, 6.07) is 7.88. The predicted octanol–water partition coefficient (Wildman–Crippen LogP) is 2.53. The van der Waals surface area contributed by atoms with Gasteiger partial charge in [0.05, 0.1) is 5.69 Å². The van der Waals surface area contributed by atoms with E-state index in [2.05, 4.69) is 10.3 Å². The summed E-state index contributed by atoms with van der Waals surface area (Å²) in [5.41, 5.74) is 0.959. The molecule has 0 amide bonds. The van der Waals surface area contributed by atoms with Gasteiger partial charge >= 0.3 is 5.97 Å². The molecule has 2 N–H and O–H groups in total. The number of hydrogen-bond acceptors (Lipinski definition) is 3. The zero-order chi connectivity index (χ0) is 13.0. The molecule has 0 fully saturated rings. The van der Waals surface area contributed by atoms with E-state index in [0.29, 0.717) is 11.3 Å². The molecule has 0 bridgehead atoms. The second-order valence-electron chi connectivity index (χ2n) is 3.67. The number of rotatable bonds is 4. The van der Waals surface area contributed by atoms with Crippen LogP contribution in [0.4, 0.5) is 10.1 Å². The average Bonchev–Trinajstić information content (AvgIpc) is 2.38. The molecule has 0 aliphatic heterocycles. The van der Waals surface area contributed by atoms with E-state index >= 15 is 0 Å². The van der Waals surface area contributed by atoms with Gasteiger partial charge in [-0.3, -0.25) is 4.98 Å². The van der Waals surface area contributed by atoms with Gasteiger partial charge in [-0.05, 0) is 12.1 Å². The molecule has 0 aliphatic carbocycles. The summed E-state index contributed by atoms with van der Waals surface area (Å²) >= 11 is 0. The molecule has 1 heterocycles. The number of pyridine rings is 1. The molecule has 1 aromatic carbocycles. The highest BCUT2D eigenvalue weighted by Gasteiger charge is 2.09. The maximum atomic E-state index is 13.4. The Kier molecular flexibility index (Phi) is 3.52. The minimum atomic E-state index is -1.07. The largest absolute Gasteiger partial charge is 0.478 e. The fourth-order valence-corrected chi connectivity index (χ4v) is 1.55. The zero-order valence-electron chi connectivity index (χ0n) is 9.43. The monoisotopic (exact) mass is 246 g/mol. The van der Waals surface area contributed by atoms with Crippen molar-refractivity contribution in [3.05, 3.63) is 59.7 Å². The van der Waals surface area contributed by atoms with Gasteiger partial charge in [-0.25, -0.2) is 9.18 Å². The molecule has 0 aliphatic rings. The quantitative estimate of drug-likeness (QED) is 0.870. The van der Waals surface area contributed by atoms with Crippen LogP contribution < -0.4 is 5.32 Å². The van der Waals surface area contributed by atoms with E-state index in [4.69, 9.17) is 5.11 Å². The minimum absolute atomic E-state index is 0.0637. The van der Waals surface area contributed by atoms with Crippen LogP contribution in [-0.2, 0) is 6.54 Å². The first-order valence-corrected chi connectivity index (χ1v) is 5.33. The lowest BCUT2D eigenvalue weighted by atomic mass is 10.2. The highest BCUT2D eigenvalue weighted by molar-refractivity contribution is 5.93. The van der Waals surface area contributed by atoms with Crippen LogP contribution in [0.3, 0.4) is 0 Å². The lowest BCUT2D eigenvalue weighted by Crippen LogP contribution is -2.07. The second-order valence-corrected chi connectivity index (χ2v) is 3.67. The summed E-state index contributed by atoms with van der Waals surface area (Å²) in [5.74, 6) is -1.39. The third-order valence-corrected chi connectivity index (χ3v) is 2.48. The third kappa shape index (κ3) is 2.63. The molecule has 92 valence electrons. The van der Waals surface area contributed by atoms with Gasteiger partial charge in [0.1, 0.15) is 11.4 Å². The normalized spacial score (nSPS) is 10.1. The number of aromatic carboxylic acids is 1. The molecule has 0 spiro atoms. The van der Waals surface area contributed by atoms with Crippen molar-refractivity contribution < 1.29 is 14.3 Å². The molecule has 0 atom stereocenters. The smallest absolute Gasteiger partial charge is 0.339 e. The molecule has 18 heavy (non-hydrogen) atoms. The SMILES string of the molecule is O=C(O)c1cnccc1NCc1ccccc1F. The number of carboxylic acid groups (broad SMARTS) is 1. The Morgan fingerprint density at radius 1 is 1.33 bits per heavy atom. The van der Waals surface area contributed by atoms with E-state index in [-0.39, 0.29) is 17.9 Å². The average molecular weight is 246 g/mol. The third-order valence-electron chi connectivity index (χ3n) is 2.48. The first kappa shape index (κ1) is 12.0. The Bertz CT molecular complexity index is 572. The van der Waals surface area contributed by atoms with Crippen molar-refractivity contribution >= 4 is 11.7 Å². The molecule has 1 aromatic heterocycles. The lowest BCUT2D eigenvalue weighted by molar-refractivity contribution is 0.0697. The van der Waals surface area contributed by atoms with Gasteiger partial charge in [0.2, 0.25) is 0 Å². The number of carbonyl (C=O) groups is 1. The molecule has 2 aromatic rings. The van der Waals surface area contributed by atoms with Gasteiger partial charge in [0.15, 0.2) is 0 Å². The zero-order valence-corrected chi connectivity index (χ0v) is 9.43. The van der Waals surface area contributed by atoms with E-state index < -0.39 is 5.97 Å². The number of nitrogens with one attached hydrogen (secondary N) is 1. The van der Waals surface area contributed by atoms with Gasteiger partial charge in [0, 0.05) is 24.5 Å². The Hall–Kier alpha value is -2.43. The van der Waals surface area contributed by atoms with Gasteiger partial charge in [-0.1, -0.05) is 18.2 Å². The Balaban J connectivity index is 2.16. The molecule has 0 saturated carbocycles. The van der Waals surface area contributed by atoms with Gasteiger partial charge in [-0.2, -0.15) is 0 Å². The maximum Gasteiger partial charge on any atom is 0.339 e. The van der Waals surface area contributed by atoms with E-state index in [0.717, 1.165) is 0 Å². The summed E-state index contributed by atoms with van der Waals surface area (Å²) in [5, 5.41) is 11.9. The first-order valence-electron chi connectivity index (χ1n) is 5.33. The topological polar surface area (TPSA) is 62.2 Å². The summed E-state index contributed by atoms with van der Waals surface area (Å²) in [6.45, 7) is 0.219. The van der Waals surface area contributed by atoms with Crippen LogP contribution in [-0.4, -0.2) is 16.1 Å². The first-order chi connectivity index (χ1) is 8.68. The fraction of sp³-hybridized carbons (Fsp3) is 0.0769. The Labute approximate surface area is 103 Å². The number of carboxylic acids is 1. The number of aromatic nitrogens is 1. The molecule has 0 unspecified atom stereocenters. The molecule has 2 rings (SSSR count). The Morgan fingerprint density at radius 3 is 2.83 bits per heavy atom. The van der Waals surface area contributed by atoms with Crippen molar-refractivity contribution in [2.24, 2.45) is 0 Å². The highest BCUT2D eigenvalue weighted by atomic mass is 19.1. The van der Waals surface area contributed by atoms with Gasteiger partial charge < -0.3 is 10.4 Å². The van der Waals surface area contributed by atoms with Crippen LogP contribution >= 0.6 is 0 Å². The van der Waals surface area contributed by atoms with E-state index in [1.54, 1.807) is 24.3 Å². The van der Waals surface area contributed by atoms with Crippen LogP contribution in [0.25, 0.3) is 0 Å². The van der Waals surface area contributed by atoms with Gasteiger partial charge in [0.25, 0.3) is 0 Å². The summed E-state index contributed by atoms with van der Waals surface area (Å²) in [7, 11) is 0. The van der Waals surface area contributed by atoms with Crippen LogP contribution in [0.1, 0.15) is 15.9 Å². The van der Waals surface area contributed by atoms with Crippen LogP contribution in [0.15, 0.2) is 42.7 Å². The van der Waals surface area contributed by atoms with Gasteiger partial charge in [-0.15, -0.1) is 0 Å². The number of nitrogens with zero attached hydrogens (tertiary/aromatic N) is 1. The van der Waals surface area contributed by atoms with Crippen molar-refractivity contribution in [2.75, 3.05) is 5.32 Å².